The fraction of sp³-hybridized carbons (Fsp3) is 0.500. The monoisotopic (exact) mass is 283 g/mol. The van der Waals surface area contributed by atoms with Gasteiger partial charge in [-0.1, -0.05) is 31.7 Å². The first-order chi connectivity index (χ1) is 10.3. The summed E-state index contributed by atoms with van der Waals surface area (Å²) >= 11 is 0. The largest absolute Gasteiger partial charge is 0.398 e. The summed E-state index contributed by atoms with van der Waals surface area (Å²) in [6.07, 6.45) is 10.1. The number of fused-ring (bicyclic) bond motifs is 1. The molecular formula is C18H25N3. The van der Waals surface area contributed by atoms with E-state index in [1.165, 1.54) is 44.1 Å². The van der Waals surface area contributed by atoms with E-state index in [1.807, 2.05) is 18.3 Å². The van der Waals surface area contributed by atoms with Crippen molar-refractivity contribution in [3.8, 4) is 0 Å². The van der Waals surface area contributed by atoms with Gasteiger partial charge in [0.05, 0.1) is 5.52 Å². The summed E-state index contributed by atoms with van der Waals surface area (Å²) < 4.78 is 0. The summed E-state index contributed by atoms with van der Waals surface area (Å²) in [5.41, 5.74) is 9.22. The van der Waals surface area contributed by atoms with Crippen molar-refractivity contribution in [3.63, 3.8) is 0 Å². The molecule has 1 heterocycles. The van der Waals surface area contributed by atoms with E-state index in [-0.39, 0.29) is 0 Å². The lowest BCUT2D eigenvalue weighted by Crippen LogP contribution is -2.30. The lowest BCUT2D eigenvalue weighted by Gasteiger charge is -2.27. The lowest BCUT2D eigenvalue weighted by molar-refractivity contribution is 0.213. The Kier molecular flexibility index (Phi) is 4.39. The second-order valence-electron chi connectivity index (χ2n) is 6.27. The molecule has 3 rings (SSSR count). The first-order valence-electron chi connectivity index (χ1n) is 8.08. The number of anilines is 1. The second-order valence-corrected chi connectivity index (χ2v) is 6.27. The van der Waals surface area contributed by atoms with Crippen LogP contribution < -0.4 is 5.73 Å². The molecule has 1 fully saturated rings. The van der Waals surface area contributed by atoms with E-state index in [1.54, 1.807) is 0 Å². The third kappa shape index (κ3) is 3.18. The summed E-state index contributed by atoms with van der Waals surface area (Å²) in [4.78, 5) is 7.06. The third-order valence-electron chi connectivity index (χ3n) is 4.75. The Morgan fingerprint density at radius 2 is 1.90 bits per heavy atom. The molecule has 1 saturated carbocycles. The third-order valence-corrected chi connectivity index (χ3v) is 4.75. The summed E-state index contributed by atoms with van der Waals surface area (Å²) in [6, 6.07) is 8.88. The van der Waals surface area contributed by atoms with Crippen molar-refractivity contribution in [1.82, 2.24) is 9.88 Å². The van der Waals surface area contributed by atoms with Gasteiger partial charge in [0.2, 0.25) is 0 Å². The van der Waals surface area contributed by atoms with E-state index in [4.69, 9.17) is 5.73 Å². The number of nitrogens with two attached hydrogens (primary N) is 1. The highest BCUT2D eigenvalue weighted by atomic mass is 15.1. The van der Waals surface area contributed by atoms with Crippen LogP contribution >= 0.6 is 0 Å². The van der Waals surface area contributed by atoms with Crippen molar-refractivity contribution in [2.24, 2.45) is 0 Å². The average Bonchev–Trinajstić information content (AvgIpc) is 2.79. The highest BCUT2D eigenvalue weighted by molar-refractivity contribution is 5.92. The molecule has 112 valence electrons. The van der Waals surface area contributed by atoms with Crippen LogP contribution in [0.4, 0.5) is 5.69 Å². The standard InChI is InChI=1S/C18H25N3/c1-21(15-7-4-2-3-5-8-15)13-14-10-11-17(19)16-9-6-12-20-18(14)16/h6,9-12,15H,2-5,7-8,13,19H2,1H3. The van der Waals surface area contributed by atoms with Crippen LogP contribution in [0.2, 0.25) is 0 Å². The van der Waals surface area contributed by atoms with Gasteiger partial charge in [0, 0.05) is 29.9 Å². The maximum atomic E-state index is 6.07. The zero-order valence-electron chi connectivity index (χ0n) is 12.9. The zero-order chi connectivity index (χ0) is 14.7. The quantitative estimate of drug-likeness (QED) is 0.684. The summed E-state index contributed by atoms with van der Waals surface area (Å²) in [7, 11) is 2.25. The lowest BCUT2D eigenvalue weighted by atomic mass is 10.0. The molecular weight excluding hydrogens is 258 g/mol. The van der Waals surface area contributed by atoms with Gasteiger partial charge >= 0.3 is 0 Å². The van der Waals surface area contributed by atoms with Gasteiger partial charge < -0.3 is 5.73 Å². The van der Waals surface area contributed by atoms with Crippen molar-refractivity contribution in [3.05, 3.63) is 36.0 Å². The van der Waals surface area contributed by atoms with Gasteiger partial charge in [-0.2, -0.15) is 0 Å². The SMILES string of the molecule is CN(Cc1ccc(N)c2cccnc12)C1CCCCCC1. The molecule has 3 heteroatoms. The molecule has 0 unspecified atom stereocenters. The van der Waals surface area contributed by atoms with E-state index in [2.05, 4.69) is 29.1 Å². The predicted molar refractivity (Wildman–Crippen MR) is 89.1 cm³/mol. The van der Waals surface area contributed by atoms with Crippen molar-refractivity contribution in [1.29, 1.82) is 0 Å². The van der Waals surface area contributed by atoms with E-state index < -0.39 is 0 Å². The number of aromatic nitrogens is 1. The van der Waals surface area contributed by atoms with Crippen molar-refractivity contribution < 1.29 is 0 Å². The smallest absolute Gasteiger partial charge is 0.0767 e. The van der Waals surface area contributed by atoms with Gasteiger partial charge in [0.25, 0.3) is 0 Å². The fourth-order valence-electron chi connectivity index (χ4n) is 3.48. The summed E-state index contributed by atoms with van der Waals surface area (Å²) in [5.74, 6) is 0. The molecule has 0 saturated heterocycles. The van der Waals surface area contributed by atoms with Crippen LogP contribution in [-0.4, -0.2) is 23.0 Å². The topological polar surface area (TPSA) is 42.1 Å². The average molecular weight is 283 g/mol. The second kappa shape index (κ2) is 6.44. The number of rotatable bonds is 3. The Morgan fingerprint density at radius 1 is 1.14 bits per heavy atom. The molecule has 2 N–H and O–H groups in total. The Balaban J connectivity index is 1.82. The molecule has 1 aromatic heterocycles. The Bertz CT molecular complexity index is 600. The van der Waals surface area contributed by atoms with Crippen molar-refractivity contribution >= 4 is 16.6 Å². The molecule has 0 bridgehead atoms. The van der Waals surface area contributed by atoms with Crippen molar-refractivity contribution in [2.45, 2.75) is 51.1 Å². The molecule has 3 nitrogen and oxygen atoms in total. The normalized spacial score (nSPS) is 17.2. The van der Waals surface area contributed by atoms with Crippen LogP contribution in [-0.2, 0) is 6.54 Å². The van der Waals surface area contributed by atoms with E-state index in [0.29, 0.717) is 6.04 Å². The summed E-state index contributed by atoms with van der Waals surface area (Å²) in [5, 5.41) is 1.07. The number of pyridine rings is 1. The first kappa shape index (κ1) is 14.3. The highest BCUT2D eigenvalue weighted by Crippen LogP contribution is 2.26. The Hall–Kier alpha value is -1.61. The van der Waals surface area contributed by atoms with Gasteiger partial charge in [-0.3, -0.25) is 9.88 Å². The molecule has 0 aliphatic heterocycles. The van der Waals surface area contributed by atoms with Crippen LogP contribution in [0.15, 0.2) is 30.5 Å². The summed E-state index contributed by atoms with van der Waals surface area (Å²) in [6.45, 7) is 0.957. The molecule has 0 atom stereocenters. The van der Waals surface area contributed by atoms with Crippen LogP contribution in [0.25, 0.3) is 10.9 Å². The first-order valence-corrected chi connectivity index (χ1v) is 8.08. The zero-order valence-corrected chi connectivity index (χ0v) is 12.9. The number of nitrogens with zero attached hydrogens (tertiary/aromatic N) is 2. The van der Waals surface area contributed by atoms with Crippen LogP contribution in [0.1, 0.15) is 44.1 Å². The van der Waals surface area contributed by atoms with Gasteiger partial charge in [0.1, 0.15) is 0 Å². The minimum Gasteiger partial charge on any atom is -0.398 e. The minimum absolute atomic E-state index is 0.712. The Morgan fingerprint density at radius 3 is 2.67 bits per heavy atom. The minimum atomic E-state index is 0.712. The fourth-order valence-corrected chi connectivity index (χ4v) is 3.48. The van der Waals surface area contributed by atoms with Gasteiger partial charge in [-0.25, -0.2) is 0 Å². The number of hydrogen-bond donors (Lipinski definition) is 1. The van der Waals surface area contributed by atoms with Crippen LogP contribution in [0.3, 0.4) is 0 Å². The molecule has 0 spiro atoms. The number of hydrogen-bond acceptors (Lipinski definition) is 3. The molecule has 1 aliphatic rings. The van der Waals surface area contributed by atoms with Gasteiger partial charge in [-0.15, -0.1) is 0 Å². The Labute approximate surface area is 127 Å². The molecule has 2 aromatic rings. The van der Waals surface area contributed by atoms with E-state index in [0.717, 1.165) is 23.1 Å². The van der Waals surface area contributed by atoms with Gasteiger partial charge in [-0.05, 0) is 43.7 Å². The van der Waals surface area contributed by atoms with E-state index in [9.17, 15) is 0 Å². The molecule has 0 amide bonds. The molecule has 21 heavy (non-hydrogen) atoms. The molecule has 1 aromatic carbocycles. The van der Waals surface area contributed by atoms with Crippen LogP contribution in [0.5, 0.6) is 0 Å². The maximum Gasteiger partial charge on any atom is 0.0767 e. The van der Waals surface area contributed by atoms with Crippen molar-refractivity contribution in [2.75, 3.05) is 12.8 Å². The highest BCUT2D eigenvalue weighted by Gasteiger charge is 2.18. The van der Waals surface area contributed by atoms with Gasteiger partial charge in [0.15, 0.2) is 0 Å². The predicted octanol–water partition coefficient (Wildman–Crippen LogP) is 3.97. The maximum absolute atomic E-state index is 6.07. The molecule has 0 radical (unpaired) electrons. The van der Waals surface area contributed by atoms with Crippen LogP contribution in [0, 0.1) is 0 Å². The number of nitrogen functional groups attached to an aromatic ring is 1. The molecule has 1 aliphatic carbocycles. The number of benzene rings is 1. The van der Waals surface area contributed by atoms with E-state index >= 15 is 0 Å².